The second kappa shape index (κ2) is 8.24. The molecule has 0 saturated heterocycles. The molecule has 0 saturated carbocycles. The lowest BCUT2D eigenvalue weighted by atomic mass is 9.89. The summed E-state index contributed by atoms with van der Waals surface area (Å²) in [7, 11) is 0. The predicted molar refractivity (Wildman–Crippen MR) is 120 cm³/mol. The summed E-state index contributed by atoms with van der Waals surface area (Å²) < 4.78 is 0. The molecule has 0 aliphatic heterocycles. The van der Waals surface area contributed by atoms with Crippen LogP contribution in [0.15, 0.2) is 48.8 Å². The Morgan fingerprint density at radius 1 is 0.786 bits per heavy atom. The van der Waals surface area contributed by atoms with Gasteiger partial charge in [-0.2, -0.15) is 0 Å². The highest BCUT2D eigenvalue weighted by Gasteiger charge is 2.15. The topological polar surface area (TPSA) is 57.6 Å². The number of nitrogens with two attached hydrogens (primary N) is 1. The Labute approximate surface area is 167 Å². The summed E-state index contributed by atoms with van der Waals surface area (Å²) in [5.41, 5.74) is 14.0. The SMILES string of the molecule is CCc1ccc2c(CC(CCN)Cc3c[nH]c4cc(CC)ccc34)c[nH]c2c1. The van der Waals surface area contributed by atoms with Crippen molar-refractivity contribution in [2.45, 2.75) is 46.0 Å². The molecular weight excluding hydrogens is 342 g/mol. The van der Waals surface area contributed by atoms with Crippen LogP contribution in [0.2, 0.25) is 0 Å². The molecule has 4 rings (SSSR count). The van der Waals surface area contributed by atoms with E-state index in [9.17, 15) is 0 Å². The van der Waals surface area contributed by atoms with E-state index < -0.39 is 0 Å². The largest absolute Gasteiger partial charge is 0.361 e. The van der Waals surface area contributed by atoms with Crippen LogP contribution in [0.25, 0.3) is 21.8 Å². The van der Waals surface area contributed by atoms with Crippen molar-refractivity contribution in [3.63, 3.8) is 0 Å². The van der Waals surface area contributed by atoms with Gasteiger partial charge in [-0.15, -0.1) is 0 Å². The van der Waals surface area contributed by atoms with Gasteiger partial charge >= 0.3 is 0 Å². The molecule has 4 N–H and O–H groups in total. The summed E-state index contributed by atoms with van der Waals surface area (Å²) in [6.45, 7) is 5.13. The van der Waals surface area contributed by atoms with Crippen molar-refractivity contribution in [1.82, 2.24) is 9.97 Å². The monoisotopic (exact) mass is 373 g/mol. The predicted octanol–water partition coefficient (Wildman–Crippen LogP) is 5.52. The van der Waals surface area contributed by atoms with Crippen molar-refractivity contribution >= 4 is 21.8 Å². The lowest BCUT2D eigenvalue weighted by Gasteiger charge is -2.15. The second-order valence-corrected chi connectivity index (χ2v) is 7.95. The van der Waals surface area contributed by atoms with Crippen LogP contribution in [-0.4, -0.2) is 16.5 Å². The quantitative estimate of drug-likeness (QED) is 0.374. The molecule has 0 aliphatic rings. The summed E-state index contributed by atoms with van der Waals surface area (Å²) in [5.74, 6) is 0.541. The molecule has 2 aromatic heterocycles. The maximum atomic E-state index is 5.97. The van der Waals surface area contributed by atoms with Gasteiger partial charge in [0.1, 0.15) is 0 Å². The Morgan fingerprint density at radius 2 is 1.29 bits per heavy atom. The van der Waals surface area contributed by atoms with Gasteiger partial charge in [0.2, 0.25) is 0 Å². The van der Waals surface area contributed by atoms with Gasteiger partial charge in [-0.05, 0) is 79.0 Å². The molecule has 3 heteroatoms. The van der Waals surface area contributed by atoms with Gasteiger partial charge in [-0.1, -0.05) is 38.1 Å². The minimum atomic E-state index is 0.541. The zero-order valence-electron chi connectivity index (χ0n) is 17.0. The number of aromatic nitrogens is 2. The van der Waals surface area contributed by atoms with E-state index in [1.165, 1.54) is 44.1 Å². The minimum Gasteiger partial charge on any atom is -0.361 e. The average Bonchev–Trinajstić information content (AvgIpc) is 3.31. The Kier molecular flexibility index (Phi) is 5.54. The van der Waals surface area contributed by atoms with Crippen molar-refractivity contribution in [1.29, 1.82) is 0 Å². The van der Waals surface area contributed by atoms with Gasteiger partial charge < -0.3 is 15.7 Å². The minimum absolute atomic E-state index is 0.541. The molecule has 146 valence electrons. The second-order valence-electron chi connectivity index (χ2n) is 7.95. The highest BCUT2D eigenvalue weighted by molar-refractivity contribution is 5.85. The third-order valence-corrected chi connectivity index (χ3v) is 6.07. The summed E-state index contributed by atoms with van der Waals surface area (Å²) in [6.07, 6.45) is 9.68. The lowest BCUT2D eigenvalue weighted by Crippen LogP contribution is -2.14. The molecule has 0 unspecified atom stereocenters. The first-order valence-electron chi connectivity index (χ1n) is 10.6. The average molecular weight is 374 g/mol. The van der Waals surface area contributed by atoms with E-state index in [0.717, 1.165) is 38.6 Å². The third kappa shape index (κ3) is 3.72. The summed E-state index contributed by atoms with van der Waals surface area (Å²) in [6, 6.07) is 13.6. The first-order chi connectivity index (χ1) is 13.7. The van der Waals surface area contributed by atoms with Crippen molar-refractivity contribution in [2.24, 2.45) is 11.7 Å². The van der Waals surface area contributed by atoms with E-state index in [4.69, 9.17) is 5.73 Å². The Balaban J connectivity index is 1.58. The fourth-order valence-corrected chi connectivity index (χ4v) is 4.38. The lowest BCUT2D eigenvalue weighted by molar-refractivity contribution is 0.490. The van der Waals surface area contributed by atoms with Crippen molar-refractivity contribution in [2.75, 3.05) is 6.54 Å². The Hall–Kier alpha value is -2.52. The molecule has 3 nitrogen and oxygen atoms in total. The summed E-state index contributed by atoms with van der Waals surface area (Å²) >= 11 is 0. The van der Waals surface area contributed by atoms with Crippen LogP contribution >= 0.6 is 0 Å². The van der Waals surface area contributed by atoms with E-state index in [0.29, 0.717) is 5.92 Å². The highest BCUT2D eigenvalue weighted by Crippen LogP contribution is 2.28. The van der Waals surface area contributed by atoms with Gasteiger partial charge in [-0.3, -0.25) is 0 Å². The van der Waals surface area contributed by atoms with Crippen LogP contribution in [-0.2, 0) is 25.7 Å². The van der Waals surface area contributed by atoms with Gasteiger partial charge in [0.05, 0.1) is 0 Å². The van der Waals surface area contributed by atoms with Crippen LogP contribution in [0.4, 0.5) is 0 Å². The molecule has 0 amide bonds. The number of hydrogen-bond donors (Lipinski definition) is 3. The van der Waals surface area contributed by atoms with E-state index in [2.05, 4.69) is 72.6 Å². The van der Waals surface area contributed by atoms with Gasteiger partial charge in [0.15, 0.2) is 0 Å². The molecule has 0 atom stereocenters. The molecular formula is C25H31N3. The Morgan fingerprint density at radius 3 is 1.71 bits per heavy atom. The van der Waals surface area contributed by atoms with Crippen molar-refractivity contribution < 1.29 is 0 Å². The molecule has 4 aromatic rings. The summed E-state index contributed by atoms with van der Waals surface area (Å²) in [4.78, 5) is 6.95. The number of aromatic amines is 2. The molecule has 2 heterocycles. The van der Waals surface area contributed by atoms with E-state index in [1.807, 2.05) is 0 Å². The first kappa shape index (κ1) is 18.8. The fraction of sp³-hybridized carbons (Fsp3) is 0.360. The smallest absolute Gasteiger partial charge is 0.0459 e. The van der Waals surface area contributed by atoms with E-state index in [-0.39, 0.29) is 0 Å². The van der Waals surface area contributed by atoms with Crippen LogP contribution in [0, 0.1) is 5.92 Å². The number of benzene rings is 2. The number of hydrogen-bond acceptors (Lipinski definition) is 1. The van der Waals surface area contributed by atoms with Crippen LogP contribution in [0.5, 0.6) is 0 Å². The molecule has 0 bridgehead atoms. The molecule has 0 spiro atoms. The first-order valence-corrected chi connectivity index (χ1v) is 10.6. The standard InChI is InChI=1S/C25H31N3/c1-3-17-5-7-22-20(15-27-24(22)13-17)11-19(9-10-26)12-21-16-28-25-14-18(4-2)6-8-23(21)25/h5-8,13-16,19,27-28H,3-4,9-12,26H2,1-2H3. The van der Waals surface area contributed by atoms with Crippen LogP contribution < -0.4 is 5.73 Å². The summed E-state index contributed by atoms with van der Waals surface area (Å²) in [5, 5.41) is 2.71. The van der Waals surface area contributed by atoms with Gasteiger partial charge in [0, 0.05) is 34.2 Å². The zero-order chi connectivity index (χ0) is 19.5. The number of rotatable bonds is 8. The zero-order valence-corrected chi connectivity index (χ0v) is 17.0. The number of H-pyrrole nitrogens is 2. The van der Waals surface area contributed by atoms with E-state index in [1.54, 1.807) is 0 Å². The van der Waals surface area contributed by atoms with E-state index >= 15 is 0 Å². The normalized spacial score (nSPS) is 11.9. The Bertz CT molecular complexity index is 986. The van der Waals surface area contributed by atoms with Crippen LogP contribution in [0.1, 0.15) is 42.5 Å². The van der Waals surface area contributed by atoms with Gasteiger partial charge in [-0.25, -0.2) is 0 Å². The molecule has 28 heavy (non-hydrogen) atoms. The number of aryl methyl sites for hydroxylation is 2. The molecule has 0 radical (unpaired) electrons. The maximum absolute atomic E-state index is 5.97. The molecule has 0 aliphatic carbocycles. The molecule has 0 fully saturated rings. The van der Waals surface area contributed by atoms with Gasteiger partial charge in [0.25, 0.3) is 0 Å². The fourth-order valence-electron chi connectivity index (χ4n) is 4.38. The third-order valence-electron chi connectivity index (χ3n) is 6.07. The van der Waals surface area contributed by atoms with Crippen LogP contribution in [0.3, 0.4) is 0 Å². The molecule has 2 aromatic carbocycles. The number of fused-ring (bicyclic) bond motifs is 2. The highest BCUT2D eigenvalue weighted by atomic mass is 14.7. The van der Waals surface area contributed by atoms with Crippen molar-refractivity contribution in [3.8, 4) is 0 Å². The number of nitrogens with one attached hydrogen (secondary N) is 2. The van der Waals surface area contributed by atoms with Crippen molar-refractivity contribution in [3.05, 3.63) is 71.0 Å². The maximum Gasteiger partial charge on any atom is 0.0459 e.